The highest BCUT2D eigenvalue weighted by molar-refractivity contribution is 7.89. The van der Waals surface area contributed by atoms with Gasteiger partial charge in [0.15, 0.2) is 5.78 Å². The van der Waals surface area contributed by atoms with E-state index in [4.69, 9.17) is 0 Å². The van der Waals surface area contributed by atoms with Crippen LogP contribution < -0.4 is 0 Å². The molecule has 28 heavy (non-hydrogen) atoms. The lowest BCUT2D eigenvalue weighted by atomic mass is 10.0. The van der Waals surface area contributed by atoms with Crippen LogP contribution in [0.2, 0.25) is 0 Å². The van der Waals surface area contributed by atoms with Gasteiger partial charge >= 0.3 is 0 Å². The molecular weight excluding hydrogens is 374 g/mol. The molecule has 3 rings (SSSR count). The van der Waals surface area contributed by atoms with E-state index in [1.54, 1.807) is 12.1 Å². The molecule has 152 valence electrons. The molecule has 1 aliphatic heterocycles. The molecule has 1 N–H and O–H groups in total. The van der Waals surface area contributed by atoms with Crippen molar-refractivity contribution in [3.05, 3.63) is 52.8 Å². The molecule has 0 bridgehead atoms. The van der Waals surface area contributed by atoms with Crippen molar-refractivity contribution in [1.29, 1.82) is 0 Å². The largest absolute Gasteiger partial charge is 0.362 e. The first-order chi connectivity index (χ1) is 13.2. The van der Waals surface area contributed by atoms with E-state index in [0.717, 1.165) is 22.5 Å². The van der Waals surface area contributed by atoms with Gasteiger partial charge in [0.05, 0.1) is 11.4 Å². The number of piperazine rings is 1. The molecule has 1 aromatic heterocycles. The van der Waals surface area contributed by atoms with E-state index in [1.807, 2.05) is 36.9 Å². The van der Waals surface area contributed by atoms with Crippen molar-refractivity contribution < 1.29 is 13.2 Å². The molecule has 7 heteroatoms. The number of hydrogen-bond acceptors (Lipinski definition) is 4. The fourth-order valence-corrected chi connectivity index (χ4v) is 5.03. The van der Waals surface area contributed by atoms with Crippen molar-refractivity contribution in [2.75, 3.05) is 32.7 Å². The Morgan fingerprint density at radius 3 is 2.18 bits per heavy atom. The Morgan fingerprint density at radius 2 is 1.68 bits per heavy atom. The maximum Gasteiger partial charge on any atom is 0.243 e. The van der Waals surface area contributed by atoms with Gasteiger partial charge < -0.3 is 4.98 Å². The standard InChI is InChI=1S/C21H29N3O3S/c1-15(2)18-5-7-19(8-6-18)28(26,27)24-11-9-23(10-12-24)14-21(25)20-13-16(3)22-17(20)4/h5-8,13,15,22H,9-12,14H2,1-4H3. The van der Waals surface area contributed by atoms with Crippen molar-refractivity contribution in [2.24, 2.45) is 0 Å². The topological polar surface area (TPSA) is 73.5 Å². The summed E-state index contributed by atoms with van der Waals surface area (Å²) >= 11 is 0. The molecule has 0 spiro atoms. The third-order valence-corrected chi connectivity index (χ3v) is 7.25. The van der Waals surface area contributed by atoms with Crippen molar-refractivity contribution >= 4 is 15.8 Å². The Balaban J connectivity index is 1.61. The second-order valence-electron chi connectivity index (χ2n) is 7.82. The average Bonchev–Trinajstić information content (AvgIpc) is 3.00. The second-order valence-corrected chi connectivity index (χ2v) is 9.76. The number of Topliss-reactive ketones (excluding diaryl/α,β-unsaturated/α-hetero) is 1. The summed E-state index contributed by atoms with van der Waals surface area (Å²) in [6, 6.07) is 9.02. The predicted octanol–water partition coefficient (Wildman–Crippen LogP) is 2.94. The normalized spacial score (nSPS) is 16.6. The Bertz CT molecular complexity index is 938. The average molecular weight is 404 g/mol. The van der Waals surface area contributed by atoms with Gasteiger partial charge in [-0.15, -0.1) is 0 Å². The molecule has 1 saturated heterocycles. The fraction of sp³-hybridized carbons (Fsp3) is 0.476. The molecule has 1 fully saturated rings. The summed E-state index contributed by atoms with van der Waals surface area (Å²) in [7, 11) is -3.50. The van der Waals surface area contributed by atoms with Gasteiger partial charge in [-0.2, -0.15) is 4.31 Å². The first kappa shape index (κ1) is 20.8. The molecule has 0 radical (unpaired) electrons. The van der Waals surface area contributed by atoms with Crippen molar-refractivity contribution in [3.8, 4) is 0 Å². The SMILES string of the molecule is Cc1cc(C(=O)CN2CCN(S(=O)(=O)c3ccc(C(C)C)cc3)CC2)c(C)[nH]1. The lowest BCUT2D eigenvalue weighted by Crippen LogP contribution is -2.49. The lowest BCUT2D eigenvalue weighted by molar-refractivity contribution is 0.0901. The van der Waals surface area contributed by atoms with Crippen LogP contribution >= 0.6 is 0 Å². The number of carbonyl (C=O) groups is 1. The summed E-state index contributed by atoms with van der Waals surface area (Å²) in [5.41, 5.74) is 3.70. The van der Waals surface area contributed by atoms with E-state index in [9.17, 15) is 13.2 Å². The number of sulfonamides is 1. The molecule has 0 amide bonds. The van der Waals surface area contributed by atoms with Crippen LogP contribution in [-0.4, -0.2) is 61.1 Å². The van der Waals surface area contributed by atoms with Gasteiger partial charge in [0.25, 0.3) is 0 Å². The highest BCUT2D eigenvalue weighted by Gasteiger charge is 2.29. The third kappa shape index (κ3) is 4.37. The zero-order valence-corrected chi connectivity index (χ0v) is 17.8. The predicted molar refractivity (Wildman–Crippen MR) is 110 cm³/mol. The Kier molecular flexibility index (Phi) is 6.07. The molecule has 0 aliphatic carbocycles. The summed E-state index contributed by atoms with van der Waals surface area (Å²) in [4.78, 5) is 18.1. The maximum atomic E-state index is 12.9. The zero-order chi connectivity index (χ0) is 20.5. The number of H-pyrrole nitrogens is 1. The maximum absolute atomic E-state index is 12.9. The van der Waals surface area contributed by atoms with Crippen LogP contribution in [0.1, 0.15) is 47.1 Å². The van der Waals surface area contributed by atoms with E-state index >= 15 is 0 Å². The van der Waals surface area contributed by atoms with Crippen molar-refractivity contribution in [3.63, 3.8) is 0 Å². The number of carbonyl (C=O) groups excluding carboxylic acids is 1. The first-order valence-corrected chi connectivity index (χ1v) is 11.1. The summed E-state index contributed by atoms with van der Waals surface area (Å²) in [6.45, 7) is 10.2. The quantitative estimate of drug-likeness (QED) is 0.753. The minimum atomic E-state index is -3.50. The Hall–Kier alpha value is -1.96. The number of rotatable bonds is 6. The van der Waals surface area contributed by atoms with Gasteiger partial charge in [0, 0.05) is 43.1 Å². The summed E-state index contributed by atoms with van der Waals surface area (Å²) in [5, 5.41) is 0. The van der Waals surface area contributed by atoms with Gasteiger partial charge in [-0.1, -0.05) is 26.0 Å². The molecule has 1 aromatic carbocycles. The van der Waals surface area contributed by atoms with E-state index < -0.39 is 10.0 Å². The van der Waals surface area contributed by atoms with Crippen molar-refractivity contribution in [1.82, 2.24) is 14.2 Å². The number of aryl methyl sites for hydroxylation is 2. The van der Waals surface area contributed by atoms with Crippen LogP contribution in [0.4, 0.5) is 0 Å². The van der Waals surface area contributed by atoms with Gasteiger partial charge in [-0.25, -0.2) is 8.42 Å². The number of ketones is 1. The molecule has 0 unspecified atom stereocenters. The molecular formula is C21H29N3O3S. The fourth-order valence-electron chi connectivity index (χ4n) is 3.60. The molecule has 0 saturated carbocycles. The van der Waals surface area contributed by atoms with Gasteiger partial charge in [-0.3, -0.25) is 9.69 Å². The number of aromatic amines is 1. The Labute approximate surface area is 167 Å². The molecule has 2 aromatic rings. The number of benzene rings is 1. The van der Waals surface area contributed by atoms with Gasteiger partial charge in [0.1, 0.15) is 0 Å². The van der Waals surface area contributed by atoms with Crippen LogP contribution in [-0.2, 0) is 10.0 Å². The summed E-state index contributed by atoms with van der Waals surface area (Å²) in [6.07, 6.45) is 0. The third-order valence-electron chi connectivity index (χ3n) is 5.33. The van der Waals surface area contributed by atoms with Crippen LogP contribution in [0.5, 0.6) is 0 Å². The first-order valence-electron chi connectivity index (χ1n) is 9.70. The second kappa shape index (κ2) is 8.19. The summed E-state index contributed by atoms with van der Waals surface area (Å²) < 4.78 is 27.3. The van der Waals surface area contributed by atoms with Gasteiger partial charge in [0.2, 0.25) is 10.0 Å². The molecule has 2 heterocycles. The monoisotopic (exact) mass is 403 g/mol. The number of hydrogen-bond donors (Lipinski definition) is 1. The van der Waals surface area contributed by atoms with Crippen LogP contribution in [0.25, 0.3) is 0 Å². The van der Waals surface area contributed by atoms with Crippen LogP contribution in [0, 0.1) is 13.8 Å². The van der Waals surface area contributed by atoms with Gasteiger partial charge in [-0.05, 0) is 43.5 Å². The minimum Gasteiger partial charge on any atom is -0.362 e. The molecule has 1 aliphatic rings. The van der Waals surface area contributed by atoms with Crippen LogP contribution in [0.15, 0.2) is 35.2 Å². The molecule has 0 atom stereocenters. The number of nitrogens with zero attached hydrogens (tertiary/aromatic N) is 2. The van der Waals surface area contributed by atoms with E-state index in [0.29, 0.717) is 43.5 Å². The number of aromatic nitrogens is 1. The highest BCUT2D eigenvalue weighted by atomic mass is 32.2. The number of nitrogens with one attached hydrogen (secondary N) is 1. The zero-order valence-electron chi connectivity index (χ0n) is 17.0. The lowest BCUT2D eigenvalue weighted by Gasteiger charge is -2.33. The Morgan fingerprint density at radius 1 is 1.07 bits per heavy atom. The van der Waals surface area contributed by atoms with Crippen LogP contribution in [0.3, 0.4) is 0 Å². The van der Waals surface area contributed by atoms with E-state index in [1.165, 1.54) is 4.31 Å². The van der Waals surface area contributed by atoms with Crippen molar-refractivity contribution in [2.45, 2.75) is 38.5 Å². The molecule has 6 nitrogen and oxygen atoms in total. The highest BCUT2D eigenvalue weighted by Crippen LogP contribution is 2.21. The summed E-state index contributed by atoms with van der Waals surface area (Å²) in [5.74, 6) is 0.438. The minimum absolute atomic E-state index is 0.0717. The van der Waals surface area contributed by atoms with E-state index in [2.05, 4.69) is 18.8 Å². The smallest absolute Gasteiger partial charge is 0.243 e. The van der Waals surface area contributed by atoms with E-state index in [-0.39, 0.29) is 5.78 Å².